The molecule has 26 nitrogen and oxygen atoms in total. The van der Waals surface area contributed by atoms with E-state index in [2.05, 4.69) is 44.4 Å². The lowest BCUT2D eigenvalue weighted by atomic mass is 10.1. The SMILES string of the molecule is COc1cc(S(=O)(=O)CCOS(=O)(=O)O)ccc1N=Nc1ccc(N=Nc2c(O)cc(C(=O)O)c(N=Nc3ccc(S(=O)(=O)CCOS(=O)(=O)O)cc3)c2O)cc1NC(N)=O. The number of hydrogen-bond acceptors (Lipinski definition) is 21. The zero-order valence-electron chi connectivity index (χ0n) is 30.6. The van der Waals surface area contributed by atoms with Crippen LogP contribution in [0.5, 0.6) is 17.2 Å². The first-order valence-corrected chi connectivity index (χ1v) is 22.2. The first kappa shape index (κ1) is 47.1. The van der Waals surface area contributed by atoms with Crippen molar-refractivity contribution < 1.29 is 80.8 Å². The summed E-state index contributed by atoms with van der Waals surface area (Å²) in [4.78, 5) is 23.2. The Morgan fingerprint density at radius 2 is 1.16 bits per heavy atom. The van der Waals surface area contributed by atoms with Crippen LogP contribution in [0.3, 0.4) is 0 Å². The van der Waals surface area contributed by atoms with Crippen LogP contribution in [0.1, 0.15) is 10.4 Å². The van der Waals surface area contributed by atoms with E-state index in [1.807, 2.05) is 0 Å². The summed E-state index contributed by atoms with van der Waals surface area (Å²) >= 11 is 0. The molecule has 0 heterocycles. The van der Waals surface area contributed by atoms with Crippen molar-refractivity contribution in [2.75, 3.05) is 37.1 Å². The molecule has 8 N–H and O–H groups in total. The minimum atomic E-state index is -4.87. The van der Waals surface area contributed by atoms with Gasteiger partial charge in [-0.1, -0.05) is 0 Å². The van der Waals surface area contributed by atoms with Crippen LogP contribution < -0.4 is 15.8 Å². The number of azo groups is 3. The molecule has 4 aromatic carbocycles. The van der Waals surface area contributed by atoms with Gasteiger partial charge in [0.05, 0.1) is 64.2 Å². The number of anilines is 1. The van der Waals surface area contributed by atoms with Crippen LogP contribution in [-0.4, -0.2) is 102 Å². The van der Waals surface area contributed by atoms with Crippen molar-refractivity contribution in [3.63, 3.8) is 0 Å². The summed E-state index contributed by atoms with van der Waals surface area (Å²) < 4.78 is 124. The molecule has 326 valence electrons. The maximum atomic E-state index is 12.6. The third kappa shape index (κ3) is 13.5. The van der Waals surface area contributed by atoms with Gasteiger partial charge in [-0.15, -0.1) is 20.5 Å². The lowest BCUT2D eigenvalue weighted by Crippen LogP contribution is -2.19. The molecule has 0 spiro atoms. The van der Waals surface area contributed by atoms with E-state index in [1.165, 1.54) is 31.4 Å². The summed E-state index contributed by atoms with van der Waals surface area (Å²) in [7, 11) is -16.8. The lowest BCUT2D eigenvalue weighted by molar-refractivity contribution is 0.0696. The van der Waals surface area contributed by atoms with E-state index in [1.54, 1.807) is 0 Å². The average Bonchev–Trinajstić information content (AvgIpc) is 3.15. The Kier molecular flexibility index (Phi) is 14.9. The van der Waals surface area contributed by atoms with Gasteiger partial charge in [-0.3, -0.25) is 9.11 Å². The second-order valence-corrected chi connectivity index (χ2v) is 18.0. The van der Waals surface area contributed by atoms with Gasteiger partial charge in [0.15, 0.2) is 31.1 Å². The Labute approximate surface area is 344 Å². The Balaban J connectivity index is 1.61. The average molecular weight is 931 g/mol. The number of carbonyl (C=O) groups excluding carboxylic acids is 1. The van der Waals surface area contributed by atoms with Crippen LogP contribution in [0.25, 0.3) is 0 Å². The molecule has 0 aliphatic rings. The number of primary amides is 1. The number of hydrogen-bond donors (Lipinski definition) is 7. The van der Waals surface area contributed by atoms with Gasteiger partial charge in [0.2, 0.25) is 0 Å². The van der Waals surface area contributed by atoms with Gasteiger partial charge in [-0.05, 0) is 60.7 Å². The first-order valence-electron chi connectivity index (χ1n) is 16.1. The summed E-state index contributed by atoms with van der Waals surface area (Å²) in [6.45, 7) is -1.74. The molecule has 0 atom stereocenters. The summed E-state index contributed by atoms with van der Waals surface area (Å²) in [5.41, 5.74) is 2.86. The van der Waals surface area contributed by atoms with Crippen molar-refractivity contribution in [3.05, 3.63) is 72.3 Å². The number of aromatic carboxylic acids is 1. The van der Waals surface area contributed by atoms with Crippen LogP contribution >= 0.6 is 0 Å². The van der Waals surface area contributed by atoms with Crippen LogP contribution in [-0.2, 0) is 48.8 Å². The number of carboxylic acids is 1. The number of carbonyl (C=O) groups is 2. The molecule has 0 aliphatic heterocycles. The first-order chi connectivity index (χ1) is 28.4. The Hall–Kier alpha value is -6.54. The Morgan fingerprint density at radius 1 is 0.656 bits per heavy atom. The third-order valence-electron chi connectivity index (χ3n) is 7.37. The fourth-order valence-electron chi connectivity index (χ4n) is 4.61. The van der Waals surface area contributed by atoms with Crippen LogP contribution in [0.15, 0.2) is 107 Å². The van der Waals surface area contributed by atoms with E-state index in [0.29, 0.717) is 6.07 Å². The highest BCUT2D eigenvalue weighted by molar-refractivity contribution is 7.91. The minimum absolute atomic E-state index is 0.0138. The predicted octanol–water partition coefficient (Wildman–Crippen LogP) is 4.73. The van der Waals surface area contributed by atoms with Gasteiger partial charge >= 0.3 is 32.8 Å². The van der Waals surface area contributed by atoms with E-state index in [4.69, 9.17) is 19.6 Å². The minimum Gasteiger partial charge on any atom is -0.505 e. The molecule has 4 rings (SSSR count). The zero-order chi connectivity index (χ0) is 45.3. The molecule has 2 amide bonds. The molecule has 0 aromatic heterocycles. The number of ether oxygens (including phenoxy) is 1. The normalized spacial score (nSPS) is 12.6. The van der Waals surface area contributed by atoms with E-state index in [9.17, 15) is 58.6 Å². The summed E-state index contributed by atoms with van der Waals surface area (Å²) in [5.74, 6) is -5.28. The highest BCUT2D eigenvalue weighted by Gasteiger charge is 2.23. The number of aromatic hydroxyl groups is 2. The maximum absolute atomic E-state index is 12.6. The summed E-state index contributed by atoms with van der Waals surface area (Å²) in [5, 5.41) is 56.7. The second-order valence-electron chi connectivity index (χ2n) is 11.5. The van der Waals surface area contributed by atoms with Gasteiger partial charge in [0, 0.05) is 6.07 Å². The molecule has 0 unspecified atom stereocenters. The monoisotopic (exact) mass is 930 g/mol. The molecule has 0 aliphatic carbocycles. The number of nitrogens with two attached hydrogens (primary N) is 1. The lowest BCUT2D eigenvalue weighted by Gasteiger charge is -2.09. The molecule has 0 saturated carbocycles. The standard InChI is InChI=1S/C31H30N8O18S4/c1-55-26-15-20(59(47,48)13-11-57-61(52,53)54)7-9-23(26)37-36-22-8-4-18(14-24(22)33-31(32)44)35-39-28-25(40)16-21(30(42)43)27(29(28)41)38-34-17-2-5-19(6-3-17)58(45,46)12-10-56-60(49,50)51/h2-9,14-16,40-41H,10-13H2,1H3,(H,42,43)(H3,32,33,44)(H,49,50,51)(H,52,53,54). The number of phenolic OH excluding ortho intramolecular Hbond substituents is 2. The quantitative estimate of drug-likeness (QED) is 0.0493. The predicted molar refractivity (Wildman–Crippen MR) is 207 cm³/mol. The number of nitrogens with one attached hydrogen (secondary N) is 1. The number of carboxylic acid groups (broad SMARTS) is 1. The number of methoxy groups -OCH3 is 1. The Bertz CT molecular complexity index is 2890. The third-order valence-corrected chi connectivity index (χ3v) is 11.7. The highest BCUT2D eigenvalue weighted by Crippen LogP contribution is 2.47. The topological polar surface area (TPSA) is 412 Å². The molecule has 30 heteroatoms. The molecule has 0 bridgehead atoms. The van der Waals surface area contributed by atoms with Gasteiger partial charge < -0.3 is 31.1 Å². The molecular weight excluding hydrogens is 901 g/mol. The molecular formula is C31H30N8O18S4. The molecule has 0 saturated heterocycles. The molecule has 0 radical (unpaired) electrons. The zero-order valence-corrected chi connectivity index (χ0v) is 33.9. The van der Waals surface area contributed by atoms with Crippen molar-refractivity contribution >= 4 is 92.3 Å². The van der Waals surface area contributed by atoms with Crippen LogP contribution in [0, 0.1) is 0 Å². The number of sulfone groups is 2. The van der Waals surface area contributed by atoms with E-state index in [-0.39, 0.29) is 44.0 Å². The maximum Gasteiger partial charge on any atom is 0.397 e. The summed E-state index contributed by atoms with van der Waals surface area (Å²) in [6.07, 6.45) is 0. The van der Waals surface area contributed by atoms with Gasteiger partial charge in [0.1, 0.15) is 28.6 Å². The van der Waals surface area contributed by atoms with E-state index < -0.39 is 106 Å². The van der Waals surface area contributed by atoms with Crippen molar-refractivity contribution in [2.24, 2.45) is 36.4 Å². The van der Waals surface area contributed by atoms with Crippen molar-refractivity contribution in [3.8, 4) is 17.2 Å². The van der Waals surface area contributed by atoms with Crippen molar-refractivity contribution in [1.29, 1.82) is 0 Å². The van der Waals surface area contributed by atoms with Crippen molar-refractivity contribution in [2.45, 2.75) is 9.79 Å². The molecule has 61 heavy (non-hydrogen) atoms. The smallest absolute Gasteiger partial charge is 0.397 e. The van der Waals surface area contributed by atoms with Gasteiger partial charge in [-0.25, -0.2) is 34.8 Å². The largest absolute Gasteiger partial charge is 0.505 e. The molecule has 4 aromatic rings. The van der Waals surface area contributed by atoms with E-state index in [0.717, 1.165) is 36.4 Å². The van der Waals surface area contributed by atoms with Gasteiger partial charge in [0.25, 0.3) is 0 Å². The number of urea groups is 1. The fourth-order valence-corrected chi connectivity index (χ4v) is 7.60. The number of amides is 2. The highest BCUT2D eigenvalue weighted by atomic mass is 32.3. The second kappa shape index (κ2) is 19.2. The number of benzene rings is 4. The van der Waals surface area contributed by atoms with Crippen molar-refractivity contribution in [1.82, 2.24) is 0 Å². The summed E-state index contributed by atoms with van der Waals surface area (Å²) in [6, 6.07) is 11.1. The van der Waals surface area contributed by atoms with E-state index >= 15 is 0 Å². The number of rotatable bonds is 19. The van der Waals surface area contributed by atoms with Crippen LogP contribution in [0.4, 0.5) is 44.6 Å². The van der Waals surface area contributed by atoms with Crippen LogP contribution in [0.2, 0.25) is 0 Å². The number of nitrogens with zero attached hydrogens (tertiary/aromatic N) is 6. The molecule has 0 fully saturated rings. The number of phenols is 2. The van der Waals surface area contributed by atoms with Gasteiger partial charge in [-0.2, -0.15) is 27.1 Å². The Morgan fingerprint density at radius 3 is 1.72 bits per heavy atom. The fraction of sp³-hybridized carbons (Fsp3) is 0.161.